The number of methoxy groups -OCH3 is 1. The van der Waals surface area contributed by atoms with E-state index >= 15 is 0 Å². The molecule has 3 atom stereocenters. The summed E-state index contributed by atoms with van der Waals surface area (Å²) in [6.07, 6.45) is 18.3. The average molecular weight is 405 g/mol. The molecule has 0 spiro atoms. The van der Waals surface area contributed by atoms with Gasteiger partial charge in [0.05, 0.1) is 13.0 Å². The van der Waals surface area contributed by atoms with Crippen molar-refractivity contribution in [2.45, 2.75) is 58.0 Å². The second-order valence-electron chi connectivity index (χ2n) is 8.84. The van der Waals surface area contributed by atoms with Crippen LogP contribution in [0.2, 0.25) is 0 Å². The molecular formula is C27H32O3. The third-order valence-electron chi connectivity index (χ3n) is 6.57. The van der Waals surface area contributed by atoms with E-state index in [1.165, 1.54) is 42.2 Å². The zero-order valence-electron chi connectivity index (χ0n) is 18.3. The van der Waals surface area contributed by atoms with Gasteiger partial charge in [0, 0.05) is 0 Å². The van der Waals surface area contributed by atoms with Crippen molar-refractivity contribution in [1.29, 1.82) is 0 Å². The Balaban J connectivity index is 1.62. The molecule has 1 fully saturated rings. The smallest absolute Gasteiger partial charge is 0.309 e. The van der Waals surface area contributed by atoms with Crippen LogP contribution in [0.4, 0.5) is 0 Å². The summed E-state index contributed by atoms with van der Waals surface area (Å²) in [5.74, 6) is 1.48. The van der Waals surface area contributed by atoms with E-state index in [1.807, 2.05) is 6.92 Å². The second kappa shape index (κ2) is 9.07. The summed E-state index contributed by atoms with van der Waals surface area (Å²) in [6, 6.07) is 6.61. The molecule has 2 aliphatic carbocycles. The fourth-order valence-corrected chi connectivity index (χ4v) is 4.70. The number of benzene rings is 1. The topological polar surface area (TPSA) is 35.5 Å². The van der Waals surface area contributed by atoms with Gasteiger partial charge in [-0.2, -0.15) is 0 Å². The first-order valence-electron chi connectivity index (χ1n) is 11.2. The fraction of sp³-hybridized carbons (Fsp3) is 0.444. The molecule has 4 rings (SSSR count). The number of hydrogen-bond donors (Lipinski definition) is 0. The van der Waals surface area contributed by atoms with E-state index in [0.29, 0.717) is 5.92 Å². The Bertz CT molecular complexity index is 914. The number of esters is 1. The fourth-order valence-electron chi connectivity index (χ4n) is 4.70. The lowest BCUT2D eigenvalue weighted by Gasteiger charge is -2.24. The van der Waals surface area contributed by atoms with Crippen molar-refractivity contribution in [2.75, 3.05) is 7.11 Å². The van der Waals surface area contributed by atoms with Crippen LogP contribution in [-0.2, 0) is 16.0 Å². The van der Waals surface area contributed by atoms with Gasteiger partial charge in [0.2, 0.25) is 0 Å². The van der Waals surface area contributed by atoms with E-state index < -0.39 is 0 Å². The van der Waals surface area contributed by atoms with E-state index in [9.17, 15) is 4.79 Å². The van der Waals surface area contributed by atoms with Crippen LogP contribution in [0, 0.1) is 11.8 Å². The molecule has 158 valence electrons. The van der Waals surface area contributed by atoms with Crippen molar-refractivity contribution in [1.82, 2.24) is 0 Å². The van der Waals surface area contributed by atoms with E-state index in [-0.39, 0.29) is 23.9 Å². The zero-order chi connectivity index (χ0) is 21.1. The molecule has 0 radical (unpaired) electrons. The number of hydrogen-bond acceptors (Lipinski definition) is 3. The van der Waals surface area contributed by atoms with Gasteiger partial charge >= 0.3 is 5.97 Å². The molecule has 30 heavy (non-hydrogen) atoms. The van der Waals surface area contributed by atoms with Gasteiger partial charge in [-0.15, -0.1) is 0 Å². The quantitative estimate of drug-likeness (QED) is 0.559. The molecule has 3 nitrogen and oxygen atoms in total. The van der Waals surface area contributed by atoms with Gasteiger partial charge in [0.1, 0.15) is 11.9 Å². The predicted molar refractivity (Wildman–Crippen MR) is 121 cm³/mol. The third kappa shape index (κ3) is 4.61. The van der Waals surface area contributed by atoms with Gasteiger partial charge in [-0.05, 0) is 73.6 Å². The van der Waals surface area contributed by atoms with Crippen molar-refractivity contribution in [3.63, 3.8) is 0 Å². The van der Waals surface area contributed by atoms with Crippen LogP contribution >= 0.6 is 0 Å². The second-order valence-corrected chi connectivity index (χ2v) is 8.84. The number of carbonyl (C=O) groups is 1. The molecule has 1 saturated carbocycles. The van der Waals surface area contributed by atoms with Gasteiger partial charge < -0.3 is 9.47 Å². The minimum Gasteiger partial charge on any atom is -0.485 e. The number of carbonyl (C=O) groups excluding carboxylic acids is 1. The van der Waals surface area contributed by atoms with E-state index in [2.05, 4.69) is 61.6 Å². The monoisotopic (exact) mass is 404 g/mol. The maximum atomic E-state index is 12.3. The molecule has 0 amide bonds. The van der Waals surface area contributed by atoms with Gasteiger partial charge in [-0.3, -0.25) is 4.79 Å². The predicted octanol–water partition coefficient (Wildman–Crippen LogP) is 6.07. The molecule has 0 bridgehead atoms. The van der Waals surface area contributed by atoms with Crippen molar-refractivity contribution < 1.29 is 14.3 Å². The minimum absolute atomic E-state index is 0.0469. The lowest BCUT2D eigenvalue weighted by molar-refractivity contribution is -0.145. The van der Waals surface area contributed by atoms with Crippen molar-refractivity contribution >= 4 is 5.97 Å². The Morgan fingerprint density at radius 3 is 2.70 bits per heavy atom. The Labute approximate surface area is 180 Å². The highest BCUT2D eigenvalue weighted by molar-refractivity contribution is 5.73. The molecule has 3 heteroatoms. The van der Waals surface area contributed by atoms with Gasteiger partial charge in [0.15, 0.2) is 0 Å². The molecule has 1 heterocycles. The number of ether oxygens (including phenoxy) is 2. The zero-order valence-corrected chi connectivity index (χ0v) is 18.3. The molecule has 3 aliphatic rings. The summed E-state index contributed by atoms with van der Waals surface area (Å²) in [4.78, 5) is 12.3. The summed E-state index contributed by atoms with van der Waals surface area (Å²) in [7, 11) is 1.48. The van der Waals surface area contributed by atoms with E-state index in [1.54, 1.807) is 0 Å². The normalized spacial score (nSPS) is 28.6. The Morgan fingerprint density at radius 2 is 1.93 bits per heavy atom. The highest BCUT2D eigenvalue weighted by Crippen LogP contribution is 2.48. The summed E-state index contributed by atoms with van der Waals surface area (Å²) in [5.41, 5.74) is 4.91. The molecule has 1 unspecified atom stereocenters. The number of allylic oxidation sites excluding steroid dienone is 6. The highest BCUT2D eigenvalue weighted by atomic mass is 16.5. The van der Waals surface area contributed by atoms with Crippen LogP contribution in [-0.4, -0.2) is 19.2 Å². The number of aryl methyl sites for hydroxylation is 1. The summed E-state index contributed by atoms with van der Waals surface area (Å²) >= 11 is 0. The lowest BCUT2D eigenvalue weighted by Crippen LogP contribution is -2.22. The average Bonchev–Trinajstić information content (AvgIpc) is 3.57. The molecule has 1 aromatic rings. The largest absolute Gasteiger partial charge is 0.485 e. The first-order chi connectivity index (χ1) is 14.6. The van der Waals surface area contributed by atoms with E-state index in [0.717, 1.165) is 25.0 Å². The molecule has 0 saturated heterocycles. The van der Waals surface area contributed by atoms with E-state index in [4.69, 9.17) is 9.47 Å². The van der Waals surface area contributed by atoms with Crippen LogP contribution in [0.15, 0.2) is 65.8 Å². The van der Waals surface area contributed by atoms with Crippen molar-refractivity contribution in [2.24, 2.45) is 11.8 Å². The van der Waals surface area contributed by atoms with Crippen LogP contribution in [0.25, 0.3) is 0 Å². The molecule has 1 aliphatic heterocycles. The first-order valence-corrected chi connectivity index (χ1v) is 11.2. The van der Waals surface area contributed by atoms with Crippen molar-refractivity contribution in [3.05, 3.63) is 76.9 Å². The molecule has 0 N–H and O–H groups in total. The van der Waals surface area contributed by atoms with Gasteiger partial charge in [-0.1, -0.05) is 61.1 Å². The first kappa shape index (κ1) is 20.7. The number of fused-ring (bicyclic) bond motifs is 1. The SMILES string of the molecule is COC(=O)[C@@H](C)[C@H](c1ccc2c(c1)OC(C1=C/C=C(C)\C=C/C=C\1)CCC2)C1CC1. The maximum absolute atomic E-state index is 12.3. The van der Waals surface area contributed by atoms with Crippen LogP contribution in [0.1, 0.15) is 56.6 Å². The van der Waals surface area contributed by atoms with Crippen molar-refractivity contribution in [3.8, 4) is 5.75 Å². The molecule has 0 aromatic heterocycles. The maximum Gasteiger partial charge on any atom is 0.309 e. The van der Waals surface area contributed by atoms with Crippen LogP contribution in [0.5, 0.6) is 5.75 Å². The Hall–Kier alpha value is -2.55. The summed E-state index contributed by atoms with van der Waals surface area (Å²) < 4.78 is 11.7. The lowest BCUT2D eigenvalue weighted by atomic mass is 9.82. The number of rotatable bonds is 5. The summed E-state index contributed by atoms with van der Waals surface area (Å²) in [5, 5.41) is 0. The molecule has 1 aromatic carbocycles. The minimum atomic E-state index is -0.140. The van der Waals surface area contributed by atoms with Gasteiger partial charge in [0.25, 0.3) is 0 Å². The standard InChI is InChI=1S/C27H32O3/c1-18-7-4-5-8-20(12-11-18)24-10-6-9-21-13-16-23(17-25(21)30-24)26(22-14-15-22)19(2)27(28)29-3/h4-5,7-8,11-13,16-17,19,22,24,26H,6,9-10,14-15H2,1-3H3/b5-4?,7-4-,8-5-,12-11?,18-7?,18-11-,20-8?,20-12+/t19-,24?,26-/m0/s1. The highest BCUT2D eigenvalue weighted by Gasteiger charge is 2.39. The summed E-state index contributed by atoms with van der Waals surface area (Å²) in [6.45, 7) is 4.11. The third-order valence-corrected chi connectivity index (χ3v) is 6.57. The van der Waals surface area contributed by atoms with Crippen LogP contribution < -0.4 is 4.74 Å². The molecular weight excluding hydrogens is 372 g/mol. The van der Waals surface area contributed by atoms with Gasteiger partial charge in [-0.25, -0.2) is 0 Å². The van der Waals surface area contributed by atoms with Crippen LogP contribution in [0.3, 0.4) is 0 Å². The Morgan fingerprint density at radius 1 is 1.13 bits per heavy atom. The Kier molecular flexibility index (Phi) is 6.26.